The first kappa shape index (κ1) is 101. The number of ether oxygens (including phenoxy) is 17. The van der Waals surface area contributed by atoms with Crippen LogP contribution in [-0.4, -0.2) is 398 Å². The van der Waals surface area contributed by atoms with Gasteiger partial charge in [-0.25, -0.2) is 4.79 Å². The Labute approximate surface area is 742 Å². The van der Waals surface area contributed by atoms with Crippen LogP contribution in [-0.2, 0) is 99.8 Å². The molecule has 43 atom stereocenters. The van der Waals surface area contributed by atoms with Crippen LogP contribution in [0.5, 0.6) is 5.75 Å². The zero-order chi connectivity index (χ0) is 94.4. The molecule has 1 aromatic carbocycles. The predicted octanol–water partition coefficient (Wildman–Crippen LogP) is -4.75. The molecule has 5 aliphatic carbocycles. The minimum absolute atomic E-state index is 0.00160. The molecule has 0 amide bonds. The van der Waals surface area contributed by atoms with Gasteiger partial charge in [-0.3, -0.25) is 19.2 Å². The van der Waals surface area contributed by atoms with Crippen molar-refractivity contribution >= 4 is 35.9 Å². The van der Waals surface area contributed by atoms with Gasteiger partial charge in [0.15, 0.2) is 55.5 Å². The van der Waals surface area contributed by atoms with Crippen LogP contribution in [0.15, 0.2) is 42.0 Å². The zero-order valence-electron chi connectivity index (χ0n) is 73.2. The Morgan fingerprint density at radius 3 is 1.72 bits per heavy atom. The number of aliphatic hydroxyl groups is 19. The van der Waals surface area contributed by atoms with E-state index in [2.05, 4.69) is 0 Å². The van der Waals surface area contributed by atoms with Crippen molar-refractivity contribution in [2.24, 2.45) is 50.2 Å². The molecule has 1 unspecified atom stereocenters. The van der Waals surface area contributed by atoms with Crippen LogP contribution in [0.4, 0.5) is 0 Å². The average molecular weight is 1850 g/mol. The number of allylic oxidation sites excluding steroid dienone is 1. The van der Waals surface area contributed by atoms with Gasteiger partial charge in [0.05, 0.1) is 93.8 Å². The van der Waals surface area contributed by atoms with E-state index < -0.39 is 347 Å². The molecule has 7 saturated heterocycles. The molecule has 0 bridgehead atoms. The van der Waals surface area contributed by atoms with Crippen LogP contribution in [0.3, 0.4) is 0 Å². The third kappa shape index (κ3) is 19.1. The summed E-state index contributed by atoms with van der Waals surface area (Å²) < 4.78 is 104. The van der Waals surface area contributed by atoms with Crippen LogP contribution in [0.2, 0.25) is 0 Å². The molecular formula is C86H128O43. The second-order valence-electron chi connectivity index (χ2n) is 39.0. The molecule has 43 nitrogen and oxygen atoms in total. The number of carboxylic acid groups (broad SMARTS) is 2. The van der Waals surface area contributed by atoms with Gasteiger partial charge in [-0.05, 0) is 150 Å². The molecule has 730 valence electrons. The second kappa shape index (κ2) is 39.0. The second-order valence-corrected chi connectivity index (χ2v) is 39.0. The summed E-state index contributed by atoms with van der Waals surface area (Å²) in [7, 11) is 1.45. The van der Waals surface area contributed by atoms with Crippen molar-refractivity contribution in [3.05, 3.63) is 47.6 Å². The fraction of sp³-hybridized carbons (Fsp3) is 0.826. The molecule has 0 aromatic heterocycles. The molecule has 21 N–H and O–H groups in total. The molecule has 7 aliphatic heterocycles. The summed E-state index contributed by atoms with van der Waals surface area (Å²) >= 11 is 0. The third-order valence-electron chi connectivity index (χ3n) is 30.1. The highest BCUT2D eigenvalue weighted by molar-refractivity contribution is 5.87. The first-order valence-electron chi connectivity index (χ1n) is 43.8. The fourth-order valence-corrected chi connectivity index (χ4v) is 22.6. The van der Waals surface area contributed by atoms with Crippen LogP contribution < -0.4 is 4.74 Å². The van der Waals surface area contributed by atoms with E-state index in [1.807, 2.05) is 33.8 Å². The van der Waals surface area contributed by atoms with Crippen LogP contribution >= 0.6 is 0 Å². The number of carbonyl (C=O) groups excluding carboxylic acids is 3. The maximum absolute atomic E-state index is 16.8. The Morgan fingerprint density at radius 2 is 1.11 bits per heavy atom. The molecule has 11 fully saturated rings. The lowest BCUT2D eigenvalue weighted by atomic mass is 9.33. The molecule has 7 heterocycles. The van der Waals surface area contributed by atoms with Crippen LogP contribution in [0.1, 0.15) is 139 Å². The summed E-state index contributed by atoms with van der Waals surface area (Å²) in [6, 6.07) is 6.48. The number of hydrogen-bond donors (Lipinski definition) is 21. The minimum Gasteiger partial charge on any atom is -0.497 e. The summed E-state index contributed by atoms with van der Waals surface area (Å²) in [5.74, 6) is -7.66. The number of hydrogen-bond acceptors (Lipinski definition) is 41. The van der Waals surface area contributed by atoms with Gasteiger partial charge >= 0.3 is 29.8 Å². The fourth-order valence-electron chi connectivity index (χ4n) is 22.6. The molecule has 129 heavy (non-hydrogen) atoms. The Kier molecular flexibility index (Phi) is 30.5. The summed E-state index contributed by atoms with van der Waals surface area (Å²) in [5, 5.41) is 236. The van der Waals surface area contributed by atoms with Crippen molar-refractivity contribution in [3.8, 4) is 5.75 Å². The van der Waals surface area contributed by atoms with Crippen molar-refractivity contribution in [1.29, 1.82) is 0 Å². The van der Waals surface area contributed by atoms with Gasteiger partial charge in [0.1, 0.15) is 134 Å². The van der Waals surface area contributed by atoms with Gasteiger partial charge in [-0.1, -0.05) is 51.5 Å². The number of aliphatic carboxylic acids is 2. The van der Waals surface area contributed by atoms with Gasteiger partial charge < -0.3 is 188 Å². The molecule has 0 spiro atoms. The first-order valence-corrected chi connectivity index (χ1v) is 43.8. The number of benzene rings is 1. The highest BCUT2D eigenvalue weighted by atomic mass is 16.8. The van der Waals surface area contributed by atoms with Gasteiger partial charge in [0.25, 0.3) is 0 Å². The Hall–Kier alpha value is -5.43. The number of rotatable bonds is 28. The molecule has 12 aliphatic rings. The SMILES string of the molecule is COc1ccc(/C=C/C(=O)O[C@@H]2[C@H](O[C@@H]3O[C@@H](C)[C@H](O)[C@@H](O)[C@H]3O)[C@@H](O[C@@H]3O[C@@H](C)[C@H](O[C@@H]4OC[C@@H](O[C@@H]5O[C@H](CO)[C@H](O)[C@H](O)[C@H]5O)[C@H](O)[C@H]4O)[C@@H](O[C@@H]4OC[C@](O)(COC(=O)CC(C)(O)CC(=O)O)[C@H]4O)[C@H]3O)[C@H](OC(=O)[C@]34CCC(C)(C)C[C@H]3C3=CC[C@@H]5[C@@]6(C)C[C@H](O)[C@H](O[C@@H]7O[C@H](CO)[C@@H](O)[C@H](O)[C@H]7O)[C@@](C)(C(=O)O)[C@@H]6CC[C@@]5(C)[C@]3(CO)CC4)O[C@@H]2C)cc1. The Morgan fingerprint density at radius 1 is 0.550 bits per heavy atom. The largest absolute Gasteiger partial charge is 0.497 e. The van der Waals surface area contributed by atoms with Crippen molar-refractivity contribution in [3.63, 3.8) is 0 Å². The van der Waals surface area contributed by atoms with E-state index in [1.165, 1.54) is 40.9 Å². The average Bonchev–Trinajstić information content (AvgIpc) is 0.986. The quantitative estimate of drug-likeness (QED) is 0.0123. The van der Waals surface area contributed by atoms with Crippen LogP contribution in [0, 0.1) is 50.2 Å². The van der Waals surface area contributed by atoms with E-state index in [0.717, 1.165) is 13.0 Å². The number of esters is 3. The van der Waals surface area contributed by atoms with E-state index in [9.17, 15) is 126 Å². The number of carbonyl (C=O) groups is 5. The van der Waals surface area contributed by atoms with Crippen molar-refractivity contribution in [2.75, 3.05) is 46.8 Å². The normalized spacial score (nSPS) is 47.9. The molecule has 13 rings (SSSR count). The first-order chi connectivity index (χ1) is 60.5. The standard InChI is InChI=1S/C86H128O43/c1-35-51(95)55(99)59(103)71(117-35)126-66-64(123-49(93)18-13-38-11-14-39(113-10)15-12-38)37(3)119-75(129-78(110)84-22-21-79(4,5)25-41(84)40-16-17-46-81(7)26-42(90)69(128-73-61(105)57(101)53(97)44(30-88)121-73)83(9,77(108)109)47(81)19-20-82(46,8)85(40,32-89)24-23-84)67(66)127-74-62(106)65(125-76-68(107)86(112,34-116-76)33-115-50(94)28-80(6,111)27-48(91)92)63(36(2)118-74)124-70-58(102)54(98)45(31-114-70)122-72-60(104)56(100)52(96)43(29-87)120-72/h11-16,18,35-37,41-47,51-76,87-90,95-107,111-112H,17,19-34H2,1-10H3,(H,91,92)(H,108,109)/b18-13+/t35-,36-,37+,41-,42-,43+,44+,45+,46+,47+,51-,52-,53+,54-,55+,56-,57-,58+,59+,60+,61+,62+,63-,64-,65-,66-,67+,68-,69-,70-,71-,72-,73-,74-,75-,76-,80?,81+,82+,83-,84-,85-,86+/m0/s1. The van der Waals surface area contributed by atoms with Crippen LogP contribution in [0.25, 0.3) is 6.08 Å². The highest BCUT2D eigenvalue weighted by Gasteiger charge is 2.75. The van der Waals surface area contributed by atoms with Crippen molar-refractivity contribution in [1.82, 2.24) is 0 Å². The van der Waals surface area contributed by atoms with E-state index in [4.69, 9.17) is 80.5 Å². The van der Waals surface area contributed by atoms with Gasteiger partial charge in [0.2, 0.25) is 6.29 Å². The zero-order valence-corrected chi connectivity index (χ0v) is 73.2. The lowest BCUT2D eigenvalue weighted by Gasteiger charge is -2.71. The number of methoxy groups -OCH3 is 1. The molecule has 4 saturated carbocycles. The lowest BCUT2D eigenvalue weighted by Crippen LogP contribution is -2.71. The summed E-state index contributed by atoms with van der Waals surface area (Å²) in [4.78, 5) is 70.1. The minimum atomic E-state index is -2.61. The van der Waals surface area contributed by atoms with E-state index in [0.29, 0.717) is 29.7 Å². The number of fused-ring (bicyclic) bond motifs is 7. The highest BCUT2D eigenvalue weighted by Crippen LogP contribution is 2.76. The molecule has 43 heteroatoms. The van der Waals surface area contributed by atoms with Gasteiger partial charge in [-0.15, -0.1) is 0 Å². The molecule has 0 radical (unpaired) electrons. The number of aliphatic hydroxyl groups excluding tert-OH is 17. The molecular weight excluding hydrogens is 1720 g/mol. The smallest absolute Gasteiger partial charge is 0.331 e. The number of carboxylic acids is 2. The van der Waals surface area contributed by atoms with Crippen molar-refractivity contribution < 1.29 is 212 Å². The van der Waals surface area contributed by atoms with Gasteiger partial charge in [0, 0.05) is 11.5 Å². The topological polar surface area (TPSA) is 667 Å². The van der Waals surface area contributed by atoms with E-state index >= 15 is 4.79 Å². The lowest BCUT2D eigenvalue weighted by molar-refractivity contribution is -0.398. The summed E-state index contributed by atoms with van der Waals surface area (Å²) in [6.07, 6.45) is -58.4. The van der Waals surface area contributed by atoms with E-state index in [1.54, 1.807) is 24.3 Å². The van der Waals surface area contributed by atoms with Gasteiger partial charge in [-0.2, -0.15) is 0 Å². The Balaban J connectivity index is 0.858. The maximum atomic E-state index is 16.8. The predicted molar refractivity (Wildman–Crippen MR) is 427 cm³/mol. The summed E-state index contributed by atoms with van der Waals surface area (Å²) in [6.45, 7) is 9.60. The summed E-state index contributed by atoms with van der Waals surface area (Å²) in [5.41, 5.74) is -10.8. The monoisotopic (exact) mass is 1850 g/mol. The Bertz CT molecular complexity index is 4120. The molecule has 1 aromatic rings. The maximum Gasteiger partial charge on any atom is 0.331 e. The third-order valence-corrected chi connectivity index (χ3v) is 30.1. The van der Waals surface area contributed by atoms with Crippen molar-refractivity contribution in [2.45, 2.75) is 347 Å². The van der Waals surface area contributed by atoms with E-state index in [-0.39, 0.29) is 44.9 Å².